The van der Waals surface area contributed by atoms with Crippen molar-refractivity contribution in [2.24, 2.45) is 11.7 Å². The molecule has 1 atom stereocenters. The average molecular weight is 177 g/mol. The Kier molecular flexibility index (Phi) is 4.06. The van der Waals surface area contributed by atoms with Gasteiger partial charge in [0, 0.05) is 0 Å². The van der Waals surface area contributed by atoms with Crippen LogP contribution in [0.4, 0.5) is 4.79 Å². The highest BCUT2D eigenvalue weighted by atomic mass is 17.2. The van der Waals surface area contributed by atoms with Gasteiger partial charge in [0.15, 0.2) is 0 Å². The van der Waals surface area contributed by atoms with Gasteiger partial charge in [-0.2, -0.15) is 0 Å². The van der Waals surface area contributed by atoms with Crippen molar-refractivity contribution in [3.63, 3.8) is 0 Å². The number of carbonyl (C=O) groups is 2. The topological polar surface area (TPSA) is 98.9 Å². The van der Waals surface area contributed by atoms with E-state index in [1.165, 1.54) is 0 Å². The van der Waals surface area contributed by atoms with Crippen LogP contribution in [0.2, 0.25) is 0 Å². The molecule has 0 radical (unpaired) electrons. The third kappa shape index (κ3) is 3.77. The zero-order valence-electron chi connectivity index (χ0n) is 6.81. The van der Waals surface area contributed by atoms with Crippen molar-refractivity contribution >= 4 is 12.1 Å². The quantitative estimate of drug-likeness (QED) is 0.459. The first-order valence-electron chi connectivity index (χ1n) is 3.32. The van der Waals surface area contributed by atoms with Crippen molar-refractivity contribution in [2.75, 3.05) is 0 Å². The van der Waals surface area contributed by atoms with E-state index in [2.05, 4.69) is 9.78 Å². The Morgan fingerprint density at radius 2 is 1.83 bits per heavy atom. The van der Waals surface area contributed by atoms with Crippen LogP contribution in [0, 0.1) is 5.92 Å². The molecule has 0 aliphatic rings. The van der Waals surface area contributed by atoms with Gasteiger partial charge in [-0.05, 0) is 5.92 Å². The van der Waals surface area contributed by atoms with E-state index in [1.54, 1.807) is 13.8 Å². The Hall–Kier alpha value is -1.30. The minimum atomic E-state index is -1.68. The summed E-state index contributed by atoms with van der Waals surface area (Å²) in [6, 6.07) is -0.871. The van der Waals surface area contributed by atoms with E-state index in [-0.39, 0.29) is 5.92 Å². The summed E-state index contributed by atoms with van der Waals surface area (Å²) in [7, 11) is 0. The predicted octanol–water partition coefficient (Wildman–Crippen LogP) is 0.123. The molecule has 0 aliphatic heterocycles. The SMILES string of the molecule is CC(C)[C@H](N)C(=O)OOC(=O)O. The molecular formula is C6H11NO5. The molecule has 6 heteroatoms. The van der Waals surface area contributed by atoms with Crippen molar-refractivity contribution in [3.8, 4) is 0 Å². The molecule has 0 spiro atoms. The number of rotatable bonds is 2. The lowest BCUT2D eigenvalue weighted by molar-refractivity contribution is -0.242. The maximum Gasteiger partial charge on any atom is 0.547 e. The molecule has 0 fully saturated rings. The monoisotopic (exact) mass is 177 g/mol. The van der Waals surface area contributed by atoms with E-state index in [4.69, 9.17) is 10.8 Å². The molecule has 3 N–H and O–H groups in total. The van der Waals surface area contributed by atoms with Crippen molar-refractivity contribution in [1.29, 1.82) is 0 Å². The molecule has 0 bridgehead atoms. The molecule has 0 aromatic heterocycles. The molecule has 0 unspecified atom stereocenters. The lowest BCUT2D eigenvalue weighted by Crippen LogP contribution is -2.37. The molecule has 0 saturated heterocycles. The summed E-state index contributed by atoms with van der Waals surface area (Å²) in [4.78, 5) is 27.9. The van der Waals surface area contributed by atoms with Gasteiger partial charge in [-0.3, -0.25) is 0 Å². The molecule has 0 aliphatic carbocycles. The van der Waals surface area contributed by atoms with E-state index in [1.807, 2.05) is 0 Å². The largest absolute Gasteiger partial charge is 0.547 e. The summed E-state index contributed by atoms with van der Waals surface area (Å²) in [5.41, 5.74) is 5.30. The van der Waals surface area contributed by atoms with E-state index >= 15 is 0 Å². The maximum atomic E-state index is 10.8. The van der Waals surface area contributed by atoms with Crippen LogP contribution in [0.3, 0.4) is 0 Å². The van der Waals surface area contributed by atoms with E-state index in [0.29, 0.717) is 0 Å². The van der Waals surface area contributed by atoms with Crippen molar-refractivity contribution < 1.29 is 24.5 Å². The summed E-state index contributed by atoms with van der Waals surface area (Å²) in [6.45, 7) is 3.40. The van der Waals surface area contributed by atoms with Crippen LogP contribution in [0.1, 0.15) is 13.8 Å². The van der Waals surface area contributed by atoms with Crippen LogP contribution >= 0.6 is 0 Å². The Morgan fingerprint density at radius 3 is 2.17 bits per heavy atom. The lowest BCUT2D eigenvalue weighted by atomic mass is 10.1. The summed E-state index contributed by atoms with van der Waals surface area (Å²) in [5, 5.41) is 7.94. The summed E-state index contributed by atoms with van der Waals surface area (Å²) in [5.74, 6) is -1.03. The molecule has 12 heavy (non-hydrogen) atoms. The minimum absolute atomic E-state index is 0.130. The van der Waals surface area contributed by atoms with Gasteiger partial charge >= 0.3 is 12.1 Å². The van der Waals surface area contributed by atoms with Gasteiger partial charge in [-0.25, -0.2) is 19.4 Å². The van der Waals surface area contributed by atoms with E-state index in [0.717, 1.165) is 0 Å². The second kappa shape index (κ2) is 4.55. The fourth-order valence-electron chi connectivity index (χ4n) is 0.404. The Labute approximate surface area is 69.2 Å². The molecule has 6 nitrogen and oxygen atoms in total. The van der Waals surface area contributed by atoms with Crippen LogP contribution in [-0.2, 0) is 14.6 Å². The van der Waals surface area contributed by atoms with Crippen LogP contribution in [-0.4, -0.2) is 23.3 Å². The summed E-state index contributed by atoms with van der Waals surface area (Å²) in [6.07, 6.45) is -1.68. The zero-order valence-corrected chi connectivity index (χ0v) is 6.81. The van der Waals surface area contributed by atoms with Gasteiger partial charge in [-0.15, -0.1) is 0 Å². The lowest BCUT2D eigenvalue weighted by Gasteiger charge is -2.11. The highest BCUT2D eigenvalue weighted by Crippen LogP contribution is 2.00. The number of carboxylic acid groups (broad SMARTS) is 1. The van der Waals surface area contributed by atoms with Crippen LogP contribution in [0.25, 0.3) is 0 Å². The van der Waals surface area contributed by atoms with Crippen LogP contribution in [0.5, 0.6) is 0 Å². The van der Waals surface area contributed by atoms with Gasteiger partial charge in [0.1, 0.15) is 6.04 Å². The molecule has 0 heterocycles. The molecule has 0 aromatic rings. The standard InChI is InChI=1S/C6H11NO5/c1-3(2)4(7)5(8)11-12-6(9)10/h3-4H,7H2,1-2H3,(H,9,10)/t4-/m0/s1. The van der Waals surface area contributed by atoms with Crippen molar-refractivity contribution in [1.82, 2.24) is 0 Å². The molecular weight excluding hydrogens is 166 g/mol. The smallest absolute Gasteiger partial charge is 0.447 e. The Bertz CT molecular complexity index is 179. The first-order chi connectivity index (χ1) is 5.45. The molecule has 0 amide bonds. The Balaban J connectivity index is 3.80. The number of hydrogen-bond donors (Lipinski definition) is 2. The predicted molar refractivity (Wildman–Crippen MR) is 38.0 cm³/mol. The fourth-order valence-corrected chi connectivity index (χ4v) is 0.404. The number of nitrogens with two attached hydrogens (primary N) is 1. The maximum absolute atomic E-state index is 10.8. The summed E-state index contributed by atoms with van der Waals surface area (Å²) < 4.78 is 0. The second-order valence-electron chi connectivity index (χ2n) is 2.52. The van der Waals surface area contributed by atoms with Crippen LogP contribution < -0.4 is 5.73 Å². The van der Waals surface area contributed by atoms with Crippen molar-refractivity contribution in [2.45, 2.75) is 19.9 Å². The van der Waals surface area contributed by atoms with Gasteiger partial charge < -0.3 is 10.8 Å². The first-order valence-corrected chi connectivity index (χ1v) is 3.32. The second-order valence-corrected chi connectivity index (χ2v) is 2.52. The van der Waals surface area contributed by atoms with Crippen molar-refractivity contribution in [3.05, 3.63) is 0 Å². The van der Waals surface area contributed by atoms with Crippen LogP contribution in [0.15, 0.2) is 0 Å². The molecule has 0 saturated carbocycles. The molecule has 70 valence electrons. The fraction of sp³-hybridized carbons (Fsp3) is 0.667. The average Bonchev–Trinajstić information content (AvgIpc) is 1.98. The Morgan fingerprint density at radius 1 is 1.33 bits per heavy atom. The van der Waals surface area contributed by atoms with Gasteiger partial charge in [0.05, 0.1) is 0 Å². The first kappa shape index (κ1) is 10.7. The normalized spacial score (nSPS) is 12.3. The molecule has 0 aromatic carbocycles. The highest BCUT2D eigenvalue weighted by Gasteiger charge is 2.21. The van der Waals surface area contributed by atoms with E-state index < -0.39 is 18.2 Å². The molecule has 0 rings (SSSR count). The number of hydrogen-bond acceptors (Lipinski definition) is 5. The number of carbonyl (C=O) groups excluding carboxylic acids is 1. The summed E-state index contributed by atoms with van der Waals surface area (Å²) >= 11 is 0. The highest BCUT2D eigenvalue weighted by molar-refractivity contribution is 5.75. The minimum Gasteiger partial charge on any atom is -0.447 e. The van der Waals surface area contributed by atoms with Gasteiger partial charge in [0.25, 0.3) is 0 Å². The van der Waals surface area contributed by atoms with E-state index in [9.17, 15) is 9.59 Å². The zero-order chi connectivity index (χ0) is 9.72. The van der Waals surface area contributed by atoms with Gasteiger partial charge in [-0.1, -0.05) is 13.8 Å². The third-order valence-corrected chi connectivity index (χ3v) is 1.19. The van der Waals surface area contributed by atoms with Gasteiger partial charge in [0.2, 0.25) is 0 Å². The third-order valence-electron chi connectivity index (χ3n) is 1.19.